The van der Waals surface area contributed by atoms with Crippen molar-refractivity contribution < 1.29 is 19.0 Å². The van der Waals surface area contributed by atoms with E-state index in [1.54, 1.807) is 31.2 Å². The van der Waals surface area contributed by atoms with Crippen LogP contribution < -0.4 is 4.74 Å². The zero-order valence-corrected chi connectivity index (χ0v) is 12.1. The molecule has 1 N–H and O–H groups in total. The molecule has 1 unspecified atom stereocenters. The fourth-order valence-electron chi connectivity index (χ4n) is 1.80. The van der Waals surface area contributed by atoms with Crippen molar-refractivity contribution in [2.75, 3.05) is 0 Å². The molecular formula is C16H14ClFO3. The maximum Gasteiger partial charge on any atom is 0.310 e. The standard InChI is InChI=1S/C16H14ClFO3/c1-10(16(19)20)12-4-2-11(3-5-12)9-21-15-7-6-13(18)8-14(15)17/h2-8,10H,9H2,1H3,(H,19,20). The molecule has 0 amide bonds. The molecule has 1 atom stereocenters. The van der Waals surface area contributed by atoms with Gasteiger partial charge in [-0.3, -0.25) is 4.79 Å². The summed E-state index contributed by atoms with van der Waals surface area (Å²) in [5, 5.41) is 9.15. The monoisotopic (exact) mass is 308 g/mol. The molecule has 0 saturated heterocycles. The van der Waals surface area contributed by atoms with E-state index in [2.05, 4.69) is 0 Å². The fourth-order valence-corrected chi connectivity index (χ4v) is 2.02. The van der Waals surface area contributed by atoms with Crippen LogP contribution in [0.25, 0.3) is 0 Å². The van der Waals surface area contributed by atoms with E-state index in [0.29, 0.717) is 5.75 Å². The highest BCUT2D eigenvalue weighted by molar-refractivity contribution is 6.32. The summed E-state index contributed by atoms with van der Waals surface area (Å²) >= 11 is 5.87. The van der Waals surface area contributed by atoms with E-state index in [0.717, 1.165) is 11.1 Å². The van der Waals surface area contributed by atoms with Gasteiger partial charge in [0.1, 0.15) is 18.2 Å². The van der Waals surface area contributed by atoms with Crippen LogP contribution in [-0.2, 0) is 11.4 Å². The molecular weight excluding hydrogens is 295 g/mol. The van der Waals surface area contributed by atoms with Gasteiger partial charge < -0.3 is 9.84 Å². The average Bonchev–Trinajstić information content (AvgIpc) is 2.46. The second-order valence-corrected chi connectivity index (χ2v) is 5.07. The Morgan fingerprint density at radius 1 is 1.29 bits per heavy atom. The summed E-state index contributed by atoms with van der Waals surface area (Å²) in [6.07, 6.45) is 0. The number of carboxylic acid groups (broad SMARTS) is 1. The van der Waals surface area contributed by atoms with Crippen molar-refractivity contribution in [3.05, 3.63) is 64.4 Å². The molecule has 0 aromatic heterocycles. The van der Waals surface area contributed by atoms with Crippen molar-refractivity contribution in [1.29, 1.82) is 0 Å². The van der Waals surface area contributed by atoms with Crippen LogP contribution in [0.4, 0.5) is 4.39 Å². The molecule has 2 rings (SSSR count). The first-order valence-electron chi connectivity index (χ1n) is 6.37. The first-order valence-corrected chi connectivity index (χ1v) is 6.74. The maximum absolute atomic E-state index is 12.9. The van der Waals surface area contributed by atoms with Crippen molar-refractivity contribution in [3.8, 4) is 5.75 Å². The van der Waals surface area contributed by atoms with Crippen LogP contribution in [0.1, 0.15) is 24.0 Å². The molecule has 2 aromatic rings. The molecule has 0 radical (unpaired) electrons. The summed E-state index contributed by atoms with van der Waals surface area (Å²) in [7, 11) is 0. The Balaban J connectivity index is 2.02. The largest absolute Gasteiger partial charge is 0.487 e. The second kappa shape index (κ2) is 6.59. The van der Waals surface area contributed by atoms with E-state index >= 15 is 0 Å². The zero-order valence-electron chi connectivity index (χ0n) is 11.3. The zero-order chi connectivity index (χ0) is 15.4. The molecule has 0 aliphatic rings. The van der Waals surface area contributed by atoms with Crippen LogP contribution in [0.5, 0.6) is 5.75 Å². The van der Waals surface area contributed by atoms with Crippen molar-refractivity contribution in [1.82, 2.24) is 0 Å². The molecule has 0 saturated carbocycles. The normalized spacial score (nSPS) is 12.0. The summed E-state index contributed by atoms with van der Waals surface area (Å²) in [5.41, 5.74) is 1.60. The third-order valence-corrected chi connectivity index (χ3v) is 3.43. The Bertz CT molecular complexity index is 640. The molecule has 5 heteroatoms. The Morgan fingerprint density at radius 3 is 2.52 bits per heavy atom. The van der Waals surface area contributed by atoms with Crippen LogP contribution in [-0.4, -0.2) is 11.1 Å². The molecule has 0 spiro atoms. The molecule has 110 valence electrons. The average molecular weight is 309 g/mol. The smallest absolute Gasteiger partial charge is 0.310 e. The lowest BCUT2D eigenvalue weighted by molar-refractivity contribution is -0.138. The van der Waals surface area contributed by atoms with Crippen LogP contribution in [0.3, 0.4) is 0 Å². The van der Waals surface area contributed by atoms with Gasteiger partial charge in [-0.2, -0.15) is 0 Å². The van der Waals surface area contributed by atoms with Gasteiger partial charge in [0.15, 0.2) is 0 Å². The molecule has 2 aromatic carbocycles. The van der Waals surface area contributed by atoms with Crippen molar-refractivity contribution in [2.24, 2.45) is 0 Å². The number of aliphatic carboxylic acids is 1. The first kappa shape index (κ1) is 15.3. The van der Waals surface area contributed by atoms with E-state index in [-0.39, 0.29) is 11.6 Å². The van der Waals surface area contributed by atoms with Crippen LogP contribution >= 0.6 is 11.6 Å². The summed E-state index contributed by atoms with van der Waals surface area (Å²) in [6, 6.07) is 11.0. The van der Waals surface area contributed by atoms with Crippen molar-refractivity contribution in [2.45, 2.75) is 19.4 Å². The van der Waals surface area contributed by atoms with Gasteiger partial charge in [0, 0.05) is 0 Å². The number of ether oxygens (including phenoxy) is 1. The molecule has 0 fully saturated rings. The minimum Gasteiger partial charge on any atom is -0.487 e. The van der Waals surface area contributed by atoms with Gasteiger partial charge in [-0.05, 0) is 36.2 Å². The Kier molecular flexibility index (Phi) is 4.81. The molecule has 0 heterocycles. The molecule has 0 aliphatic heterocycles. The highest BCUT2D eigenvalue weighted by Gasteiger charge is 2.13. The minimum atomic E-state index is -0.864. The Hall–Kier alpha value is -2.07. The van der Waals surface area contributed by atoms with Gasteiger partial charge in [-0.1, -0.05) is 35.9 Å². The van der Waals surface area contributed by atoms with Gasteiger partial charge >= 0.3 is 5.97 Å². The maximum atomic E-state index is 12.9. The van der Waals surface area contributed by atoms with Crippen LogP contribution in [0.2, 0.25) is 5.02 Å². The van der Waals surface area contributed by atoms with Crippen LogP contribution in [0.15, 0.2) is 42.5 Å². The predicted octanol–water partition coefficient (Wildman–Crippen LogP) is 4.25. The van der Waals surface area contributed by atoms with Gasteiger partial charge in [0.25, 0.3) is 0 Å². The molecule has 0 aliphatic carbocycles. The third kappa shape index (κ3) is 3.95. The lowest BCUT2D eigenvalue weighted by Gasteiger charge is -2.10. The van der Waals surface area contributed by atoms with Crippen molar-refractivity contribution >= 4 is 17.6 Å². The third-order valence-electron chi connectivity index (χ3n) is 3.14. The lowest BCUT2D eigenvalue weighted by Crippen LogP contribution is -2.07. The topological polar surface area (TPSA) is 46.5 Å². The number of halogens is 2. The molecule has 0 bridgehead atoms. The highest BCUT2D eigenvalue weighted by atomic mass is 35.5. The van der Waals surface area contributed by atoms with E-state index in [1.807, 2.05) is 0 Å². The van der Waals surface area contributed by atoms with Crippen molar-refractivity contribution in [3.63, 3.8) is 0 Å². The van der Waals surface area contributed by atoms with Gasteiger partial charge in [0.05, 0.1) is 10.9 Å². The lowest BCUT2D eigenvalue weighted by atomic mass is 10.0. The van der Waals surface area contributed by atoms with Gasteiger partial charge in [-0.15, -0.1) is 0 Å². The summed E-state index contributed by atoms with van der Waals surface area (Å²) < 4.78 is 18.4. The Morgan fingerprint density at radius 2 is 1.95 bits per heavy atom. The first-order chi connectivity index (χ1) is 9.97. The molecule has 3 nitrogen and oxygen atoms in total. The minimum absolute atomic E-state index is 0.214. The summed E-state index contributed by atoms with van der Waals surface area (Å²) in [5.74, 6) is -1.43. The van der Waals surface area contributed by atoms with E-state index < -0.39 is 17.7 Å². The van der Waals surface area contributed by atoms with E-state index in [4.69, 9.17) is 21.4 Å². The van der Waals surface area contributed by atoms with E-state index in [1.165, 1.54) is 18.2 Å². The number of carboxylic acids is 1. The van der Waals surface area contributed by atoms with Crippen LogP contribution in [0, 0.1) is 5.82 Å². The van der Waals surface area contributed by atoms with Gasteiger partial charge in [0.2, 0.25) is 0 Å². The van der Waals surface area contributed by atoms with Gasteiger partial charge in [-0.25, -0.2) is 4.39 Å². The number of carbonyl (C=O) groups is 1. The predicted molar refractivity (Wildman–Crippen MR) is 78.2 cm³/mol. The summed E-state index contributed by atoms with van der Waals surface area (Å²) in [4.78, 5) is 10.9. The second-order valence-electron chi connectivity index (χ2n) is 4.66. The fraction of sp³-hybridized carbons (Fsp3) is 0.188. The SMILES string of the molecule is CC(C(=O)O)c1ccc(COc2ccc(F)cc2Cl)cc1. The molecule has 21 heavy (non-hydrogen) atoms. The number of rotatable bonds is 5. The Labute approximate surface area is 126 Å². The quantitative estimate of drug-likeness (QED) is 0.898. The number of benzene rings is 2. The summed E-state index contributed by atoms with van der Waals surface area (Å²) in [6.45, 7) is 1.90. The highest BCUT2D eigenvalue weighted by Crippen LogP contribution is 2.26. The number of hydrogen-bond donors (Lipinski definition) is 1. The van der Waals surface area contributed by atoms with E-state index in [9.17, 15) is 9.18 Å². The number of hydrogen-bond acceptors (Lipinski definition) is 2.